The molecule has 0 aliphatic heterocycles. The monoisotopic (exact) mass is 364 g/mol. The number of aryl methyl sites for hydroxylation is 1. The number of benzene rings is 1. The summed E-state index contributed by atoms with van der Waals surface area (Å²) >= 11 is 0. The number of nitrogens with zero attached hydrogens (tertiary/aromatic N) is 1. The fourth-order valence-corrected chi connectivity index (χ4v) is 4.52. The molecule has 2 aromatic heterocycles. The molecule has 3 aromatic rings. The number of fused-ring (bicyclic) bond motifs is 8. The maximum Gasteiger partial charge on any atom is 0.172 e. The highest BCUT2D eigenvalue weighted by molar-refractivity contribution is 6.33. The van der Waals surface area contributed by atoms with Gasteiger partial charge in [-0.1, -0.05) is 0 Å². The van der Waals surface area contributed by atoms with Gasteiger partial charge in [0.15, 0.2) is 11.6 Å². The second kappa shape index (κ2) is 6.16. The van der Waals surface area contributed by atoms with Gasteiger partial charge in [0.05, 0.1) is 23.9 Å². The number of Topliss-reactive ketones (excluding diaryl/α,β-unsaturated/α-hetero) is 2. The molecular formula is C21H20N2O4. The summed E-state index contributed by atoms with van der Waals surface area (Å²) in [6.07, 6.45) is 4.43. The second-order valence-corrected chi connectivity index (χ2v) is 7.04. The van der Waals surface area contributed by atoms with E-state index in [2.05, 4.69) is 9.97 Å². The first-order chi connectivity index (χ1) is 13.2. The fourth-order valence-electron chi connectivity index (χ4n) is 4.52. The number of ketones is 2. The summed E-state index contributed by atoms with van der Waals surface area (Å²) < 4.78 is 11.3. The molecule has 6 nitrogen and oxygen atoms in total. The Bertz CT molecular complexity index is 1110. The van der Waals surface area contributed by atoms with Crippen LogP contribution in [0.15, 0.2) is 12.3 Å². The molecule has 0 amide bonds. The highest BCUT2D eigenvalue weighted by atomic mass is 16.5. The topological polar surface area (TPSA) is 81.3 Å². The number of nitrogens with one attached hydrogen (secondary N) is 1. The quantitative estimate of drug-likeness (QED) is 0.554. The molecule has 2 aliphatic carbocycles. The standard InChI is InChI=1S/C21H20N2O4/c1-2-26-8-9-27-15-6-7-22-21-18(15)19-17-14(25)10-13(24)16(17)11-4-3-5-12(11)20(19)23-21/h6-7H,2-5,8-10H2,1H3,(H,22,23). The van der Waals surface area contributed by atoms with Crippen molar-refractivity contribution in [2.75, 3.05) is 19.8 Å². The highest BCUT2D eigenvalue weighted by Gasteiger charge is 2.37. The number of aromatic nitrogens is 2. The largest absolute Gasteiger partial charge is 0.490 e. The average Bonchev–Trinajstić information content (AvgIpc) is 3.34. The zero-order chi connectivity index (χ0) is 18.5. The SMILES string of the molecule is CCOCCOc1ccnc2[nH]c3c4c(c5c(c3c12)C(=O)CC5=O)CCC4. The van der Waals surface area contributed by atoms with E-state index >= 15 is 0 Å². The minimum absolute atomic E-state index is 0.0334. The summed E-state index contributed by atoms with van der Waals surface area (Å²) in [5.74, 6) is 0.519. The Kier molecular flexibility index (Phi) is 3.75. The predicted molar refractivity (Wildman–Crippen MR) is 101 cm³/mol. The molecule has 138 valence electrons. The summed E-state index contributed by atoms with van der Waals surface area (Å²) in [6, 6.07) is 1.81. The van der Waals surface area contributed by atoms with Crippen molar-refractivity contribution in [3.8, 4) is 5.75 Å². The highest BCUT2D eigenvalue weighted by Crippen LogP contribution is 2.44. The van der Waals surface area contributed by atoms with Crippen molar-refractivity contribution < 1.29 is 19.1 Å². The van der Waals surface area contributed by atoms with Gasteiger partial charge in [0, 0.05) is 29.3 Å². The molecule has 27 heavy (non-hydrogen) atoms. The zero-order valence-corrected chi connectivity index (χ0v) is 15.2. The van der Waals surface area contributed by atoms with E-state index in [1.807, 2.05) is 13.0 Å². The van der Waals surface area contributed by atoms with Crippen LogP contribution in [0.5, 0.6) is 5.75 Å². The molecule has 5 rings (SSSR count). The van der Waals surface area contributed by atoms with Crippen LogP contribution in [0, 0.1) is 0 Å². The van der Waals surface area contributed by atoms with E-state index in [0.29, 0.717) is 42.3 Å². The fraction of sp³-hybridized carbons (Fsp3) is 0.381. The number of H-pyrrole nitrogens is 1. The lowest BCUT2D eigenvalue weighted by Gasteiger charge is -2.10. The van der Waals surface area contributed by atoms with Gasteiger partial charge in [0.25, 0.3) is 0 Å². The molecule has 1 N–H and O–H groups in total. The van der Waals surface area contributed by atoms with Crippen molar-refractivity contribution in [3.05, 3.63) is 34.5 Å². The van der Waals surface area contributed by atoms with Crippen molar-refractivity contribution in [1.82, 2.24) is 9.97 Å². The van der Waals surface area contributed by atoms with Crippen molar-refractivity contribution >= 4 is 33.5 Å². The number of hydrogen-bond donors (Lipinski definition) is 1. The Morgan fingerprint density at radius 2 is 1.89 bits per heavy atom. The Labute approximate surface area is 155 Å². The number of carbonyl (C=O) groups excluding carboxylic acids is 2. The maximum atomic E-state index is 12.7. The zero-order valence-electron chi connectivity index (χ0n) is 15.2. The van der Waals surface area contributed by atoms with Gasteiger partial charge in [-0.15, -0.1) is 0 Å². The van der Waals surface area contributed by atoms with Crippen LogP contribution >= 0.6 is 0 Å². The molecule has 2 heterocycles. The van der Waals surface area contributed by atoms with Gasteiger partial charge in [-0.2, -0.15) is 0 Å². The van der Waals surface area contributed by atoms with Crippen LogP contribution in [-0.2, 0) is 17.6 Å². The van der Waals surface area contributed by atoms with Gasteiger partial charge in [0.2, 0.25) is 0 Å². The van der Waals surface area contributed by atoms with Gasteiger partial charge in [-0.05, 0) is 43.4 Å². The van der Waals surface area contributed by atoms with Crippen LogP contribution in [0.3, 0.4) is 0 Å². The molecule has 6 heteroatoms. The first-order valence-corrected chi connectivity index (χ1v) is 9.45. The molecular weight excluding hydrogens is 344 g/mol. The molecule has 0 unspecified atom stereocenters. The molecule has 0 saturated carbocycles. The number of rotatable bonds is 5. The first kappa shape index (κ1) is 16.4. The number of aromatic amines is 1. The van der Waals surface area contributed by atoms with Gasteiger partial charge < -0.3 is 14.5 Å². The number of ether oxygens (including phenoxy) is 2. The molecule has 0 saturated heterocycles. The van der Waals surface area contributed by atoms with Gasteiger partial charge in [0.1, 0.15) is 18.0 Å². The van der Waals surface area contributed by atoms with Crippen molar-refractivity contribution in [2.24, 2.45) is 0 Å². The lowest BCUT2D eigenvalue weighted by molar-refractivity contribution is 0.0923. The Balaban J connectivity index is 1.79. The summed E-state index contributed by atoms with van der Waals surface area (Å²) in [5, 5.41) is 1.59. The lowest BCUT2D eigenvalue weighted by Crippen LogP contribution is -2.06. The molecule has 2 aliphatic rings. The molecule has 1 aromatic carbocycles. The Morgan fingerprint density at radius 3 is 2.74 bits per heavy atom. The summed E-state index contributed by atoms with van der Waals surface area (Å²) in [4.78, 5) is 33.2. The predicted octanol–water partition coefficient (Wildman–Crippen LogP) is 3.39. The van der Waals surface area contributed by atoms with Crippen LogP contribution in [0.2, 0.25) is 0 Å². The van der Waals surface area contributed by atoms with Crippen LogP contribution in [-0.4, -0.2) is 41.4 Å². The van der Waals surface area contributed by atoms with Crippen LogP contribution < -0.4 is 4.74 Å². The smallest absolute Gasteiger partial charge is 0.172 e. The molecule has 0 bridgehead atoms. The first-order valence-electron chi connectivity index (χ1n) is 9.45. The van der Waals surface area contributed by atoms with Crippen LogP contribution in [0.4, 0.5) is 0 Å². The number of carbonyl (C=O) groups is 2. The van der Waals surface area contributed by atoms with Gasteiger partial charge in [-0.3, -0.25) is 9.59 Å². The summed E-state index contributed by atoms with van der Waals surface area (Å²) in [5.41, 5.74) is 5.04. The Hall–Kier alpha value is -2.73. The second-order valence-electron chi connectivity index (χ2n) is 7.04. The lowest BCUT2D eigenvalue weighted by atomic mass is 9.94. The molecule has 0 atom stereocenters. The van der Waals surface area contributed by atoms with E-state index in [-0.39, 0.29) is 18.0 Å². The number of pyridine rings is 1. The molecule has 0 radical (unpaired) electrons. The van der Waals surface area contributed by atoms with E-state index in [1.165, 1.54) is 0 Å². The van der Waals surface area contributed by atoms with E-state index < -0.39 is 0 Å². The van der Waals surface area contributed by atoms with Crippen molar-refractivity contribution in [3.63, 3.8) is 0 Å². The normalized spacial score (nSPS) is 15.7. The van der Waals surface area contributed by atoms with E-state index in [4.69, 9.17) is 9.47 Å². The Morgan fingerprint density at radius 1 is 1.07 bits per heavy atom. The van der Waals surface area contributed by atoms with Crippen molar-refractivity contribution in [2.45, 2.75) is 32.6 Å². The van der Waals surface area contributed by atoms with Gasteiger partial charge in [-0.25, -0.2) is 4.98 Å². The third-order valence-electron chi connectivity index (χ3n) is 5.55. The van der Waals surface area contributed by atoms with E-state index in [0.717, 1.165) is 46.7 Å². The molecule has 0 fully saturated rings. The summed E-state index contributed by atoms with van der Waals surface area (Å²) in [6.45, 7) is 3.49. The van der Waals surface area contributed by atoms with Crippen LogP contribution in [0.1, 0.15) is 51.6 Å². The van der Waals surface area contributed by atoms with Gasteiger partial charge >= 0.3 is 0 Å². The minimum Gasteiger partial charge on any atom is -0.490 e. The maximum absolute atomic E-state index is 12.7. The number of hydrogen-bond acceptors (Lipinski definition) is 5. The third kappa shape index (κ3) is 2.33. The summed E-state index contributed by atoms with van der Waals surface area (Å²) in [7, 11) is 0. The molecule has 0 spiro atoms. The third-order valence-corrected chi connectivity index (χ3v) is 5.55. The van der Waals surface area contributed by atoms with Crippen molar-refractivity contribution in [1.29, 1.82) is 0 Å². The van der Waals surface area contributed by atoms with Crippen LogP contribution in [0.25, 0.3) is 21.9 Å². The van der Waals surface area contributed by atoms with E-state index in [1.54, 1.807) is 6.20 Å². The minimum atomic E-state index is -0.0975. The van der Waals surface area contributed by atoms with E-state index in [9.17, 15) is 9.59 Å². The average molecular weight is 364 g/mol.